The third kappa shape index (κ3) is 8.15. The summed E-state index contributed by atoms with van der Waals surface area (Å²) in [5.74, 6) is -3.39. The quantitative estimate of drug-likeness (QED) is 0.321. The summed E-state index contributed by atoms with van der Waals surface area (Å²) in [5.41, 5.74) is -3.83. The Morgan fingerprint density at radius 3 is 2.27 bits per heavy atom. The van der Waals surface area contributed by atoms with Gasteiger partial charge in [-0.1, -0.05) is 39.0 Å². The van der Waals surface area contributed by atoms with Gasteiger partial charge < -0.3 is 25.0 Å². The van der Waals surface area contributed by atoms with Crippen molar-refractivity contribution in [3.8, 4) is 0 Å². The zero-order valence-corrected chi connectivity index (χ0v) is 30.9. The highest BCUT2D eigenvalue weighted by atomic mass is 32.2. The number of benzene rings is 1. The van der Waals surface area contributed by atoms with E-state index in [1.165, 1.54) is 21.9 Å². The molecule has 1 aromatic carbocycles. The molecule has 0 radical (unpaired) electrons. The molecule has 0 aromatic heterocycles. The maximum Gasteiger partial charge on any atom is 0.410 e. The molecule has 280 valence electrons. The van der Waals surface area contributed by atoms with Crippen LogP contribution in [0.5, 0.6) is 0 Å². The molecule has 14 nitrogen and oxygen atoms in total. The van der Waals surface area contributed by atoms with Crippen LogP contribution in [0.25, 0.3) is 0 Å². The number of carbonyl (C=O) groups is 5. The molecule has 2 heterocycles. The largest absolute Gasteiger partial charge is 0.444 e. The average molecular weight is 734 g/mol. The summed E-state index contributed by atoms with van der Waals surface area (Å²) < 4.78 is 53.2. The van der Waals surface area contributed by atoms with E-state index in [0.29, 0.717) is 24.0 Å². The summed E-state index contributed by atoms with van der Waals surface area (Å²) in [5, 5.41) is 4.66. The lowest BCUT2D eigenvalue weighted by atomic mass is 9.85. The Hall–Kier alpha value is -4.21. The average Bonchev–Trinajstić information content (AvgIpc) is 3.90. The number of hydrogen-bond acceptors (Lipinski definition) is 9. The topological polar surface area (TPSA) is 181 Å². The predicted molar refractivity (Wildman–Crippen MR) is 183 cm³/mol. The summed E-state index contributed by atoms with van der Waals surface area (Å²) in [6.45, 7) is 15.3. The fraction of sp³-hybridized carbons (Fsp3) is 0.629. The summed E-state index contributed by atoms with van der Waals surface area (Å²) in [4.78, 5) is 71.0. The van der Waals surface area contributed by atoms with E-state index in [2.05, 4.69) is 21.9 Å². The lowest BCUT2D eigenvalue weighted by Gasteiger charge is -2.36. The second-order valence-electron chi connectivity index (χ2n) is 16.4. The zero-order valence-electron chi connectivity index (χ0n) is 30.1. The number of alkyl carbamates (subject to hydrolysis) is 1. The zero-order chi connectivity index (χ0) is 37.9. The van der Waals surface area contributed by atoms with E-state index >= 15 is 0 Å². The van der Waals surface area contributed by atoms with Crippen molar-refractivity contribution >= 4 is 39.9 Å². The fourth-order valence-corrected chi connectivity index (χ4v) is 8.00. The number of hydrogen-bond donors (Lipinski definition) is 3. The highest BCUT2D eigenvalue weighted by Gasteiger charge is 2.62. The summed E-state index contributed by atoms with van der Waals surface area (Å²) in [7, 11) is -3.94. The molecule has 5 amide bonds. The predicted octanol–water partition coefficient (Wildman–Crippen LogP) is 3.25. The molecular formula is C35H48FN5O9S. The van der Waals surface area contributed by atoms with Gasteiger partial charge in [0.1, 0.15) is 34.6 Å². The first-order chi connectivity index (χ1) is 23.5. The third-order valence-electron chi connectivity index (χ3n) is 9.63. The fourth-order valence-electron chi connectivity index (χ4n) is 6.64. The molecule has 0 spiro atoms. The number of nitrogens with one attached hydrogen (secondary N) is 3. The SMILES string of the molecule is C=C[C@@H]1C[C@]1(NC(=O)[C@@H]1C[C@@](C)(OC(=O)N2Cc3cccc(F)c3C2)CN1C(=O)[C@H](NC(=O)OC(C)(C)C)C(C)(C)C)C(=O)NS(=O)(=O)C1CC1. The minimum Gasteiger partial charge on any atom is -0.444 e. The van der Waals surface area contributed by atoms with Gasteiger partial charge in [-0.25, -0.2) is 22.4 Å². The minimum atomic E-state index is -3.94. The smallest absolute Gasteiger partial charge is 0.410 e. The number of halogens is 1. The molecule has 3 N–H and O–H groups in total. The van der Waals surface area contributed by atoms with Gasteiger partial charge >= 0.3 is 12.2 Å². The number of fused-ring (bicyclic) bond motifs is 1. The van der Waals surface area contributed by atoms with E-state index in [4.69, 9.17) is 9.47 Å². The number of likely N-dealkylation sites (tertiary alicyclic amines) is 1. The molecule has 51 heavy (non-hydrogen) atoms. The van der Waals surface area contributed by atoms with Crippen LogP contribution in [-0.4, -0.2) is 88.7 Å². The summed E-state index contributed by atoms with van der Waals surface area (Å²) in [6.07, 6.45) is 0.539. The first-order valence-electron chi connectivity index (χ1n) is 17.0. The van der Waals surface area contributed by atoms with E-state index in [1.54, 1.807) is 60.6 Å². The van der Waals surface area contributed by atoms with Gasteiger partial charge in [0.05, 0.1) is 18.3 Å². The van der Waals surface area contributed by atoms with Crippen molar-refractivity contribution in [2.45, 2.75) is 121 Å². The van der Waals surface area contributed by atoms with Crippen molar-refractivity contribution in [3.05, 3.63) is 47.8 Å². The van der Waals surface area contributed by atoms with Crippen LogP contribution in [0.1, 0.15) is 85.3 Å². The molecule has 2 saturated carbocycles. The van der Waals surface area contributed by atoms with Crippen LogP contribution >= 0.6 is 0 Å². The standard InChI is InChI=1S/C35H48FN5O9S/c1-9-21-15-35(21,29(44)39-51(47,48)22-13-14-22)38-27(42)25-16-34(8,50-31(46)40-17-20-11-10-12-24(36)23(20)18-40)19-41(25)28(43)26(32(2,3)4)37-30(45)49-33(5,6)7/h9-12,21-22,25-26H,1,13-19H2,2-8H3,(H,37,45)(H,38,42)(H,39,44)/t21-,25+,26+,34-,35-/m1/s1. The van der Waals surface area contributed by atoms with Crippen LogP contribution in [0.15, 0.2) is 30.9 Å². The first-order valence-corrected chi connectivity index (χ1v) is 18.6. The molecule has 0 unspecified atom stereocenters. The lowest BCUT2D eigenvalue weighted by molar-refractivity contribution is -0.143. The maximum atomic E-state index is 14.5. The van der Waals surface area contributed by atoms with Gasteiger partial charge in [-0.15, -0.1) is 6.58 Å². The van der Waals surface area contributed by atoms with Crippen LogP contribution in [0, 0.1) is 17.2 Å². The van der Waals surface area contributed by atoms with E-state index < -0.39 is 91.2 Å². The first kappa shape index (κ1) is 38.0. The number of ether oxygens (including phenoxy) is 2. The van der Waals surface area contributed by atoms with Gasteiger partial charge in [0.15, 0.2) is 0 Å². The van der Waals surface area contributed by atoms with Crippen molar-refractivity contribution in [2.75, 3.05) is 6.54 Å². The van der Waals surface area contributed by atoms with Crippen molar-refractivity contribution in [2.24, 2.45) is 11.3 Å². The molecule has 2 aliphatic heterocycles. The molecule has 0 bridgehead atoms. The highest BCUT2D eigenvalue weighted by Crippen LogP contribution is 2.46. The van der Waals surface area contributed by atoms with E-state index in [0.717, 1.165) is 0 Å². The Morgan fingerprint density at radius 2 is 1.73 bits per heavy atom. The Bertz CT molecular complexity index is 1750. The minimum absolute atomic E-state index is 0.0281. The molecule has 5 rings (SSSR count). The van der Waals surface area contributed by atoms with Crippen molar-refractivity contribution < 1.29 is 46.3 Å². The van der Waals surface area contributed by atoms with Gasteiger partial charge in [-0.05, 0) is 64.0 Å². The number of sulfonamides is 1. The number of nitrogens with zero attached hydrogens (tertiary/aromatic N) is 2. The van der Waals surface area contributed by atoms with Gasteiger partial charge in [-0.3, -0.25) is 24.0 Å². The second-order valence-corrected chi connectivity index (χ2v) is 18.3. The maximum absolute atomic E-state index is 14.5. The Labute approximate surface area is 297 Å². The van der Waals surface area contributed by atoms with E-state index in [9.17, 15) is 36.8 Å². The van der Waals surface area contributed by atoms with Crippen molar-refractivity contribution in [1.29, 1.82) is 0 Å². The Balaban J connectivity index is 1.41. The number of rotatable bonds is 9. The highest BCUT2D eigenvalue weighted by molar-refractivity contribution is 7.91. The molecule has 5 atom stereocenters. The molecular weight excluding hydrogens is 685 g/mol. The van der Waals surface area contributed by atoms with Crippen LogP contribution < -0.4 is 15.4 Å². The molecule has 16 heteroatoms. The second kappa shape index (κ2) is 13.1. The normalized spacial score (nSPS) is 26.4. The Kier molecular flexibility index (Phi) is 9.76. The molecule has 1 saturated heterocycles. The summed E-state index contributed by atoms with van der Waals surface area (Å²) >= 11 is 0. The lowest BCUT2D eigenvalue weighted by Crippen LogP contribution is -2.60. The van der Waals surface area contributed by atoms with Crippen molar-refractivity contribution in [3.63, 3.8) is 0 Å². The van der Waals surface area contributed by atoms with Crippen LogP contribution in [0.3, 0.4) is 0 Å². The van der Waals surface area contributed by atoms with Gasteiger partial charge in [0.2, 0.25) is 21.8 Å². The monoisotopic (exact) mass is 733 g/mol. The summed E-state index contributed by atoms with van der Waals surface area (Å²) in [6, 6.07) is 2.05. The third-order valence-corrected chi connectivity index (χ3v) is 11.5. The van der Waals surface area contributed by atoms with E-state index in [-0.39, 0.29) is 32.5 Å². The van der Waals surface area contributed by atoms with Crippen LogP contribution in [0.2, 0.25) is 0 Å². The van der Waals surface area contributed by atoms with Gasteiger partial charge in [0.25, 0.3) is 5.91 Å². The Morgan fingerprint density at radius 1 is 1.06 bits per heavy atom. The van der Waals surface area contributed by atoms with E-state index in [1.807, 2.05) is 0 Å². The molecule has 3 fully saturated rings. The molecule has 4 aliphatic rings. The van der Waals surface area contributed by atoms with Gasteiger partial charge in [0, 0.05) is 24.4 Å². The van der Waals surface area contributed by atoms with Gasteiger partial charge in [-0.2, -0.15) is 0 Å². The van der Waals surface area contributed by atoms with Crippen LogP contribution in [-0.2, 0) is 47.0 Å². The molecule has 2 aliphatic carbocycles. The molecule has 1 aromatic rings. The number of amides is 5. The van der Waals surface area contributed by atoms with Crippen molar-refractivity contribution in [1.82, 2.24) is 25.2 Å². The van der Waals surface area contributed by atoms with Crippen LogP contribution in [0.4, 0.5) is 14.0 Å². The number of carbonyl (C=O) groups excluding carboxylic acids is 5.